The van der Waals surface area contributed by atoms with Gasteiger partial charge in [-0.2, -0.15) is 0 Å². The molecule has 0 saturated heterocycles. The lowest BCUT2D eigenvalue weighted by molar-refractivity contribution is -0.309. The van der Waals surface area contributed by atoms with Crippen LogP contribution < -0.4 is 20.1 Å². The molecule has 0 N–H and O–H groups in total. The number of carbonyl (C=O) groups excluding carboxylic acids is 1. The molecule has 1 atom stereocenters. The summed E-state index contributed by atoms with van der Waals surface area (Å²) < 4.78 is 17.7. The number of pyridine rings is 1. The SMILES string of the molecule is O=C([O-])C1CSc2c(C3CC3)c(-c3cc(-c4ccc5c(c4)OCO5)no3)cc(=O)n21. The molecule has 2 aliphatic heterocycles. The predicted octanol–water partition coefficient (Wildman–Crippen LogP) is 2.17. The van der Waals surface area contributed by atoms with Crippen LogP contribution in [0, 0.1) is 0 Å². The summed E-state index contributed by atoms with van der Waals surface area (Å²) in [7, 11) is 0. The van der Waals surface area contributed by atoms with E-state index in [9.17, 15) is 14.7 Å². The summed E-state index contributed by atoms with van der Waals surface area (Å²) in [5.41, 5.74) is 2.71. The Morgan fingerprint density at radius 3 is 2.80 bits per heavy atom. The highest BCUT2D eigenvalue weighted by molar-refractivity contribution is 7.99. The van der Waals surface area contributed by atoms with E-state index in [0.717, 1.165) is 24.0 Å². The van der Waals surface area contributed by atoms with E-state index in [1.807, 2.05) is 18.2 Å². The molecule has 152 valence electrons. The maximum absolute atomic E-state index is 12.8. The molecule has 1 unspecified atom stereocenters. The van der Waals surface area contributed by atoms with Gasteiger partial charge in [0.25, 0.3) is 5.56 Å². The van der Waals surface area contributed by atoms with Crippen molar-refractivity contribution in [1.82, 2.24) is 9.72 Å². The molecule has 1 fully saturated rings. The lowest BCUT2D eigenvalue weighted by Gasteiger charge is -2.17. The van der Waals surface area contributed by atoms with E-state index >= 15 is 0 Å². The van der Waals surface area contributed by atoms with Gasteiger partial charge >= 0.3 is 0 Å². The molecule has 4 heterocycles. The molecule has 8 nitrogen and oxygen atoms in total. The van der Waals surface area contributed by atoms with Gasteiger partial charge in [0.1, 0.15) is 5.69 Å². The van der Waals surface area contributed by atoms with Gasteiger partial charge in [0.2, 0.25) is 6.79 Å². The maximum atomic E-state index is 12.8. The molecule has 0 bridgehead atoms. The Labute approximate surface area is 174 Å². The number of benzene rings is 1. The average Bonchev–Trinajstić information content (AvgIpc) is 3.13. The Bertz CT molecular complexity index is 1260. The molecule has 30 heavy (non-hydrogen) atoms. The molecule has 6 rings (SSSR count). The number of thioether (sulfide) groups is 1. The number of aliphatic carboxylic acids is 1. The van der Waals surface area contributed by atoms with Crippen molar-refractivity contribution in [3.05, 3.63) is 46.2 Å². The van der Waals surface area contributed by atoms with Gasteiger partial charge in [-0.05, 0) is 42.5 Å². The molecule has 1 aliphatic carbocycles. The number of hydrogen-bond donors (Lipinski definition) is 0. The molecule has 3 aliphatic rings. The molecular formula is C21H15N2O6S-. The fraction of sp³-hybridized carbons (Fsp3) is 0.286. The van der Waals surface area contributed by atoms with Gasteiger partial charge < -0.3 is 23.9 Å². The first-order valence-corrected chi connectivity index (χ1v) is 10.6. The maximum Gasteiger partial charge on any atom is 0.252 e. The molecule has 3 aromatic rings. The van der Waals surface area contributed by atoms with Crippen LogP contribution in [0.3, 0.4) is 0 Å². The van der Waals surface area contributed by atoms with Crippen molar-refractivity contribution in [2.45, 2.75) is 29.8 Å². The van der Waals surface area contributed by atoms with E-state index in [1.165, 1.54) is 22.4 Å². The Morgan fingerprint density at radius 2 is 2.00 bits per heavy atom. The van der Waals surface area contributed by atoms with Gasteiger partial charge in [0.05, 0.1) is 17.0 Å². The van der Waals surface area contributed by atoms with E-state index in [-0.39, 0.29) is 18.3 Å². The normalized spacial score (nSPS) is 19.1. The van der Waals surface area contributed by atoms with Crippen LogP contribution in [0.15, 0.2) is 44.7 Å². The average molecular weight is 423 g/mol. The summed E-state index contributed by atoms with van der Waals surface area (Å²) in [6.07, 6.45) is 2.00. The number of carboxylic acids is 1. The highest BCUT2D eigenvalue weighted by Gasteiger charge is 2.37. The zero-order valence-electron chi connectivity index (χ0n) is 15.6. The van der Waals surface area contributed by atoms with Crippen LogP contribution in [-0.4, -0.2) is 28.2 Å². The van der Waals surface area contributed by atoms with Gasteiger partial charge in [0.15, 0.2) is 17.3 Å². The Morgan fingerprint density at radius 1 is 1.17 bits per heavy atom. The topological polar surface area (TPSA) is 107 Å². The van der Waals surface area contributed by atoms with Crippen molar-refractivity contribution >= 4 is 17.7 Å². The first-order valence-electron chi connectivity index (χ1n) is 9.60. The number of hydrogen-bond acceptors (Lipinski definition) is 8. The molecular weight excluding hydrogens is 408 g/mol. The zero-order valence-corrected chi connectivity index (χ0v) is 16.4. The number of fused-ring (bicyclic) bond motifs is 2. The molecule has 9 heteroatoms. The van der Waals surface area contributed by atoms with Crippen LogP contribution in [0.5, 0.6) is 11.5 Å². The summed E-state index contributed by atoms with van der Waals surface area (Å²) in [5.74, 6) is 1.17. The van der Waals surface area contributed by atoms with E-state index < -0.39 is 12.0 Å². The van der Waals surface area contributed by atoms with Gasteiger partial charge in [-0.15, -0.1) is 11.8 Å². The minimum Gasteiger partial charge on any atom is -0.548 e. The molecule has 1 saturated carbocycles. The van der Waals surface area contributed by atoms with Crippen molar-refractivity contribution < 1.29 is 23.9 Å². The van der Waals surface area contributed by atoms with E-state index in [1.54, 1.807) is 6.07 Å². The van der Waals surface area contributed by atoms with Gasteiger partial charge in [-0.3, -0.25) is 9.36 Å². The number of ether oxygens (including phenoxy) is 2. The summed E-state index contributed by atoms with van der Waals surface area (Å²) in [4.78, 5) is 24.3. The number of carbonyl (C=O) groups is 1. The van der Waals surface area contributed by atoms with Crippen molar-refractivity contribution in [1.29, 1.82) is 0 Å². The minimum absolute atomic E-state index is 0.192. The van der Waals surface area contributed by atoms with Crippen molar-refractivity contribution in [2.24, 2.45) is 0 Å². The molecule has 0 amide bonds. The standard InChI is InChI=1S/C21H16N2O6S/c24-18-6-12(19(10-1-2-10)20-23(18)14(8-30-20)21(25)26)16-7-13(22-29-16)11-3-4-15-17(5-11)28-9-27-15/h3-7,10,14H,1-2,8-9H2,(H,25,26)/p-1. The number of nitrogens with zero attached hydrogens (tertiary/aromatic N) is 2. The molecule has 0 radical (unpaired) electrons. The first kappa shape index (κ1) is 17.6. The van der Waals surface area contributed by atoms with Gasteiger partial charge in [-0.25, -0.2) is 0 Å². The van der Waals surface area contributed by atoms with Crippen LogP contribution in [0.4, 0.5) is 0 Å². The van der Waals surface area contributed by atoms with E-state index in [0.29, 0.717) is 39.3 Å². The van der Waals surface area contributed by atoms with Gasteiger partial charge in [0, 0.05) is 29.0 Å². The van der Waals surface area contributed by atoms with Crippen molar-refractivity contribution in [2.75, 3.05) is 12.5 Å². The monoisotopic (exact) mass is 423 g/mol. The zero-order chi connectivity index (χ0) is 20.4. The quantitative estimate of drug-likeness (QED) is 0.629. The number of rotatable bonds is 4. The third-order valence-electron chi connectivity index (χ3n) is 5.64. The largest absolute Gasteiger partial charge is 0.548 e. The second kappa shape index (κ2) is 6.40. The minimum atomic E-state index is -1.23. The second-order valence-corrected chi connectivity index (χ2v) is 8.56. The van der Waals surface area contributed by atoms with Crippen LogP contribution >= 0.6 is 11.8 Å². The molecule has 0 spiro atoms. The highest BCUT2D eigenvalue weighted by atomic mass is 32.2. The van der Waals surface area contributed by atoms with Crippen molar-refractivity contribution in [3.8, 4) is 34.1 Å². The van der Waals surface area contributed by atoms with Crippen LogP contribution in [-0.2, 0) is 4.79 Å². The summed E-state index contributed by atoms with van der Waals surface area (Å²) in [6.45, 7) is 0.192. The third kappa shape index (κ3) is 2.65. The Hall–Kier alpha value is -3.20. The van der Waals surface area contributed by atoms with Crippen LogP contribution in [0.2, 0.25) is 0 Å². The molecule has 1 aromatic carbocycles. The van der Waals surface area contributed by atoms with Crippen LogP contribution in [0.1, 0.15) is 30.4 Å². The van der Waals surface area contributed by atoms with E-state index in [2.05, 4.69) is 5.16 Å². The molecule has 2 aromatic heterocycles. The summed E-state index contributed by atoms with van der Waals surface area (Å²) >= 11 is 1.39. The number of aromatic nitrogens is 2. The van der Waals surface area contributed by atoms with Crippen LogP contribution in [0.25, 0.3) is 22.6 Å². The smallest absolute Gasteiger partial charge is 0.252 e. The lowest BCUT2D eigenvalue weighted by Crippen LogP contribution is -2.37. The number of carboxylic acid groups (broad SMARTS) is 1. The third-order valence-corrected chi connectivity index (χ3v) is 6.81. The Balaban J connectivity index is 1.46. The van der Waals surface area contributed by atoms with Gasteiger partial charge in [-0.1, -0.05) is 5.16 Å². The first-order chi connectivity index (χ1) is 14.6. The second-order valence-electron chi connectivity index (χ2n) is 7.55. The fourth-order valence-electron chi connectivity index (χ4n) is 4.03. The van der Waals surface area contributed by atoms with E-state index in [4.69, 9.17) is 14.0 Å². The predicted molar refractivity (Wildman–Crippen MR) is 105 cm³/mol. The van der Waals surface area contributed by atoms with Crippen molar-refractivity contribution in [3.63, 3.8) is 0 Å². The highest BCUT2D eigenvalue weighted by Crippen LogP contribution is 2.50. The Kier molecular flexibility index (Phi) is 3.76. The summed E-state index contributed by atoms with van der Waals surface area (Å²) in [5, 5.41) is 16.4. The fourth-order valence-corrected chi connectivity index (χ4v) is 5.42. The summed E-state index contributed by atoms with van der Waals surface area (Å²) in [6, 6.07) is 7.84. The lowest BCUT2D eigenvalue weighted by atomic mass is 10.0.